The second kappa shape index (κ2) is 5.84. The molecule has 0 amide bonds. The first-order valence-electron chi connectivity index (χ1n) is 7.84. The molecule has 2 aromatic rings. The normalized spacial score (nSPS) is 26.0. The van der Waals surface area contributed by atoms with Gasteiger partial charge < -0.3 is 14.2 Å². The summed E-state index contributed by atoms with van der Waals surface area (Å²) in [6.07, 6.45) is 1.94. The van der Waals surface area contributed by atoms with E-state index >= 15 is 0 Å². The summed E-state index contributed by atoms with van der Waals surface area (Å²) in [5.74, 6) is -0.598. The van der Waals surface area contributed by atoms with Crippen molar-refractivity contribution >= 4 is 0 Å². The van der Waals surface area contributed by atoms with E-state index < -0.39 is 5.79 Å². The molecule has 2 aliphatic rings. The minimum atomic E-state index is -0.598. The molecule has 22 heavy (non-hydrogen) atoms. The van der Waals surface area contributed by atoms with Crippen LogP contribution in [0.4, 0.5) is 0 Å². The Hall–Kier alpha value is -1.68. The lowest BCUT2D eigenvalue weighted by Gasteiger charge is -2.33. The van der Waals surface area contributed by atoms with Gasteiger partial charge in [-0.05, 0) is 11.1 Å². The van der Waals surface area contributed by atoms with Crippen molar-refractivity contribution in [3.05, 3.63) is 71.8 Å². The molecule has 3 heteroatoms. The average Bonchev–Trinajstić information content (AvgIpc) is 3.32. The minimum Gasteiger partial charge on any atom is -0.365 e. The van der Waals surface area contributed by atoms with E-state index in [0.717, 1.165) is 12.8 Å². The standard InChI is InChI=1S/C19H20O3/c1-3-7-15(8-4-1)11-19(12-16-9-5-2-6-10-16)20-13-17-18(22-17)14-21-19/h1-10,17-18H,11-14H2. The molecule has 2 unspecified atom stereocenters. The molecule has 4 rings (SSSR count). The van der Waals surface area contributed by atoms with Gasteiger partial charge in [0.05, 0.1) is 13.2 Å². The largest absolute Gasteiger partial charge is 0.365 e. The predicted octanol–water partition coefficient (Wildman–Crippen LogP) is 2.98. The van der Waals surface area contributed by atoms with Gasteiger partial charge in [-0.25, -0.2) is 0 Å². The summed E-state index contributed by atoms with van der Waals surface area (Å²) in [6, 6.07) is 20.8. The van der Waals surface area contributed by atoms with E-state index in [-0.39, 0.29) is 12.2 Å². The lowest BCUT2D eigenvalue weighted by Crippen LogP contribution is -2.41. The zero-order chi connectivity index (χ0) is 14.8. The van der Waals surface area contributed by atoms with Crippen LogP contribution in [0.15, 0.2) is 60.7 Å². The number of epoxide rings is 1. The third kappa shape index (κ3) is 3.07. The quantitative estimate of drug-likeness (QED) is 0.813. The number of rotatable bonds is 4. The van der Waals surface area contributed by atoms with Crippen molar-refractivity contribution in [3.8, 4) is 0 Å². The summed E-state index contributed by atoms with van der Waals surface area (Å²) in [7, 11) is 0. The van der Waals surface area contributed by atoms with Gasteiger partial charge in [0, 0.05) is 12.8 Å². The van der Waals surface area contributed by atoms with E-state index in [9.17, 15) is 0 Å². The first-order valence-corrected chi connectivity index (χ1v) is 7.84. The van der Waals surface area contributed by atoms with Crippen molar-refractivity contribution in [2.24, 2.45) is 0 Å². The van der Waals surface area contributed by atoms with Gasteiger partial charge in [0.25, 0.3) is 0 Å². The van der Waals surface area contributed by atoms with Crippen molar-refractivity contribution in [1.82, 2.24) is 0 Å². The van der Waals surface area contributed by atoms with Crippen LogP contribution >= 0.6 is 0 Å². The Labute approximate surface area is 130 Å². The van der Waals surface area contributed by atoms with Gasteiger partial charge in [0.15, 0.2) is 5.79 Å². The smallest absolute Gasteiger partial charge is 0.176 e. The maximum atomic E-state index is 6.21. The monoisotopic (exact) mass is 296 g/mol. The second-order valence-electron chi connectivity index (χ2n) is 6.07. The van der Waals surface area contributed by atoms with Crippen molar-refractivity contribution in [3.63, 3.8) is 0 Å². The molecular formula is C19H20O3. The average molecular weight is 296 g/mol. The maximum absolute atomic E-state index is 6.21. The van der Waals surface area contributed by atoms with Crippen LogP contribution < -0.4 is 0 Å². The van der Waals surface area contributed by atoms with Crippen LogP contribution in [-0.4, -0.2) is 31.2 Å². The molecule has 2 aromatic carbocycles. The van der Waals surface area contributed by atoms with E-state index in [0.29, 0.717) is 13.2 Å². The Morgan fingerprint density at radius 3 is 1.64 bits per heavy atom. The van der Waals surface area contributed by atoms with Crippen LogP contribution in [0.5, 0.6) is 0 Å². The molecule has 0 saturated carbocycles. The van der Waals surface area contributed by atoms with Crippen molar-refractivity contribution in [2.75, 3.05) is 13.2 Å². The summed E-state index contributed by atoms with van der Waals surface area (Å²) in [6.45, 7) is 1.23. The summed E-state index contributed by atoms with van der Waals surface area (Å²) in [5, 5.41) is 0. The molecule has 0 radical (unpaired) electrons. The Balaban J connectivity index is 1.58. The van der Waals surface area contributed by atoms with E-state index in [2.05, 4.69) is 48.5 Å². The number of ether oxygens (including phenoxy) is 3. The fourth-order valence-electron chi connectivity index (χ4n) is 3.06. The van der Waals surface area contributed by atoms with Gasteiger partial charge in [-0.2, -0.15) is 0 Å². The molecule has 2 saturated heterocycles. The van der Waals surface area contributed by atoms with Crippen molar-refractivity contribution in [1.29, 1.82) is 0 Å². The first kappa shape index (κ1) is 13.9. The van der Waals surface area contributed by atoms with E-state index in [1.54, 1.807) is 0 Å². The highest BCUT2D eigenvalue weighted by Crippen LogP contribution is 2.34. The topological polar surface area (TPSA) is 31.0 Å². The van der Waals surface area contributed by atoms with Gasteiger partial charge in [-0.15, -0.1) is 0 Å². The first-order chi connectivity index (χ1) is 10.8. The third-order valence-corrected chi connectivity index (χ3v) is 4.34. The molecule has 0 aromatic heterocycles. The van der Waals surface area contributed by atoms with Crippen molar-refractivity contribution in [2.45, 2.75) is 30.8 Å². The number of hydrogen-bond donors (Lipinski definition) is 0. The Bertz CT molecular complexity index is 556. The second-order valence-corrected chi connectivity index (χ2v) is 6.07. The Morgan fingerprint density at radius 1 is 0.727 bits per heavy atom. The van der Waals surface area contributed by atoms with E-state index in [1.165, 1.54) is 11.1 Å². The van der Waals surface area contributed by atoms with Gasteiger partial charge in [-0.3, -0.25) is 0 Å². The molecule has 0 bridgehead atoms. The van der Waals surface area contributed by atoms with Crippen molar-refractivity contribution < 1.29 is 14.2 Å². The van der Waals surface area contributed by atoms with Gasteiger partial charge in [0.2, 0.25) is 0 Å². The molecule has 2 heterocycles. The molecule has 0 spiro atoms. The van der Waals surface area contributed by atoms with Gasteiger partial charge in [-0.1, -0.05) is 60.7 Å². The molecule has 2 fully saturated rings. The molecule has 2 atom stereocenters. The highest BCUT2D eigenvalue weighted by Gasteiger charge is 2.47. The van der Waals surface area contributed by atoms with Crippen LogP contribution in [0.1, 0.15) is 11.1 Å². The summed E-state index contributed by atoms with van der Waals surface area (Å²) >= 11 is 0. The van der Waals surface area contributed by atoms with Gasteiger partial charge in [0.1, 0.15) is 12.2 Å². The molecule has 2 aliphatic heterocycles. The molecule has 0 N–H and O–H groups in total. The Morgan fingerprint density at radius 2 is 1.18 bits per heavy atom. The minimum absolute atomic E-state index is 0.216. The van der Waals surface area contributed by atoms with E-state index in [1.807, 2.05) is 12.1 Å². The summed E-state index contributed by atoms with van der Waals surface area (Å²) < 4.78 is 17.9. The third-order valence-electron chi connectivity index (χ3n) is 4.34. The zero-order valence-corrected chi connectivity index (χ0v) is 12.5. The van der Waals surface area contributed by atoms with Gasteiger partial charge >= 0.3 is 0 Å². The summed E-state index contributed by atoms with van der Waals surface area (Å²) in [5.41, 5.74) is 2.46. The van der Waals surface area contributed by atoms with Crippen LogP contribution in [0.2, 0.25) is 0 Å². The fraction of sp³-hybridized carbons (Fsp3) is 0.368. The highest BCUT2D eigenvalue weighted by molar-refractivity contribution is 5.21. The number of hydrogen-bond acceptors (Lipinski definition) is 3. The summed E-state index contributed by atoms with van der Waals surface area (Å²) in [4.78, 5) is 0. The van der Waals surface area contributed by atoms with Crippen LogP contribution in [0.25, 0.3) is 0 Å². The van der Waals surface area contributed by atoms with E-state index in [4.69, 9.17) is 14.2 Å². The molecule has 3 nitrogen and oxygen atoms in total. The zero-order valence-electron chi connectivity index (χ0n) is 12.5. The Kier molecular flexibility index (Phi) is 3.70. The van der Waals surface area contributed by atoms with Crippen LogP contribution in [0, 0.1) is 0 Å². The van der Waals surface area contributed by atoms with Crippen LogP contribution in [-0.2, 0) is 27.1 Å². The number of benzene rings is 2. The molecule has 0 aliphatic carbocycles. The fourth-order valence-corrected chi connectivity index (χ4v) is 3.06. The maximum Gasteiger partial charge on any atom is 0.176 e. The predicted molar refractivity (Wildman–Crippen MR) is 83.6 cm³/mol. The molecule has 114 valence electrons. The lowest BCUT2D eigenvalue weighted by atomic mass is 9.97. The van der Waals surface area contributed by atoms with Crippen LogP contribution in [0.3, 0.4) is 0 Å². The lowest BCUT2D eigenvalue weighted by molar-refractivity contribution is -0.235. The molecular weight excluding hydrogens is 276 g/mol. The number of fused-ring (bicyclic) bond motifs is 1. The SMILES string of the molecule is c1ccc(CC2(Cc3ccccc3)OCC3OC3CO2)cc1. The highest BCUT2D eigenvalue weighted by atomic mass is 16.7.